The van der Waals surface area contributed by atoms with Gasteiger partial charge in [0, 0.05) is 35.5 Å². The van der Waals surface area contributed by atoms with Gasteiger partial charge in [0.1, 0.15) is 22.9 Å². The maximum atomic E-state index is 14.1. The molecule has 4 aromatic rings. The van der Waals surface area contributed by atoms with Crippen LogP contribution in [0.1, 0.15) is 50.1 Å². The van der Waals surface area contributed by atoms with Gasteiger partial charge in [-0.3, -0.25) is 9.48 Å². The first-order chi connectivity index (χ1) is 17.4. The second-order valence-corrected chi connectivity index (χ2v) is 10.3. The van der Waals surface area contributed by atoms with Crippen LogP contribution in [0.3, 0.4) is 0 Å². The molecule has 8 heteroatoms. The van der Waals surface area contributed by atoms with Gasteiger partial charge in [0.2, 0.25) is 0 Å². The molecule has 190 valence electrons. The highest BCUT2D eigenvalue weighted by molar-refractivity contribution is 6.35. The zero-order valence-electron chi connectivity index (χ0n) is 21.0. The zero-order chi connectivity index (χ0) is 26.9. The number of carbonyl (C=O) groups is 1. The lowest BCUT2D eigenvalue weighted by atomic mass is 9.87. The molecule has 4 rings (SSSR count). The molecule has 37 heavy (non-hydrogen) atoms. The molecular weight excluding hydrogens is 496 g/mol. The number of hydrogen-bond donors (Lipinski definition) is 0. The molecule has 0 radical (unpaired) electrons. The number of nitrogens with zero attached hydrogens (tertiary/aromatic N) is 3. The summed E-state index contributed by atoms with van der Waals surface area (Å²) in [6, 6.07) is 10.5. The highest BCUT2D eigenvalue weighted by Crippen LogP contribution is 2.38. The number of aryl methyl sites for hydroxylation is 1. The van der Waals surface area contributed by atoms with Crippen LogP contribution in [0, 0.1) is 24.0 Å². The van der Waals surface area contributed by atoms with Crippen molar-refractivity contribution in [1.82, 2.24) is 14.8 Å². The number of pyridine rings is 1. The average molecular weight is 522 g/mol. The number of terminal acetylenes is 1. The minimum Gasteiger partial charge on any atom is -0.460 e. The highest BCUT2D eigenvalue weighted by Gasteiger charge is 2.27. The van der Waals surface area contributed by atoms with E-state index in [1.165, 1.54) is 12.1 Å². The molecule has 0 saturated carbocycles. The maximum Gasteiger partial charge on any atom is 0.306 e. The largest absolute Gasteiger partial charge is 0.460 e. The molecule has 2 aromatic carbocycles. The predicted molar refractivity (Wildman–Crippen MR) is 140 cm³/mol. The third-order valence-corrected chi connectivity index (χ3v) is 6.16. The maximum absolute atomic E-state index is 14.1. The molecule has 0 fully saturated rings. The van der Waals surface area contributed by atoms with Crippen molar-refractivity contribution in [3.05, 3.63) is 82.3 Å². The van der Waals surface area contributed by atoms with Crippen molar-refractivity contribution in [1.29, 1.82) is 0 Å². The predicted octanol–water partition coefficient (Wildman–Crippen LogP) is 6.61. The van der Waals surface area contributed by atoms with Gasteiger partial charge in [-0.2, -0.15) is 5.10 Å². The van der Waals surface area contributed by atoms with Crippen molar-refractivity contribution < 1.29 is 18.3 Å². The molecule has 1 atom stereocenters. The highest BCUT2D eigenvalue weighted by atomic mass is 35.5. The van der Waals surface area contributed by atoms with Crippen LogP contribution in [0.25, 0.3) is 22.0 Å². The smallest absolute Gasteiger partial charge is 0.306 e. The van der Waals surface area contributed by atoms with Gasteiger partial charge in [0.15, 0.2) is 0 Å². The number of carbonyl (C=O) groups excluding carboxylic acids is 1. The van der Waals surface area contributed by atoms with Crippen LogP contribution < -0.4 is 0 Å². The standard InChI is InChI=1S/C29H26ClF2N3O2/c1-6-21-7-8-22(23-9-10-25(30)24-16-33-35(5)28(23)24)27(34-21)18(14-26(36)37-29(2,3)4)11-17-12-19(31)15-20(32)13-17/h1,7-10,12-13,15-16,18H,11,14H2,2-5H3/t18-/m1/s1. The zero-order valence-corrected chi connectivity index (χ0v) is 21.7. The van der Waals surface area contributed by atoms with Crippen LogP contribution in [-0.4, -0.2) is 26.3 Å². The van der Waals surface area contributed by atoms with Gasteiger partial charge in [-0.25, -0.2) is 13.8 Å². The van der Waals surface area contributed by atoms with Crippen molar-refractivity contribution in [2.45, 2.75) is 45.1 Å². The molecule has 2 heterocycles. The van der Waals surface area contributed by atoms with E-state index in [1.807, 2.05) is 12.1 Å². The fourth-order valence-corrected chi connectivity index (χ4v) is 4.63. The van der Waals surface area contributed by atoms with Gasteiger partial charge in [0.25, 0.3) is 0 Å². The lowest BCUT2D eigenvalue weighted by Crippen LogP contribution is -2.25. The van der Waals surface area contributed by atoms with Gasteiger partial charge in [-0.05, 0) is 63.1 Å². The van der Waals surface area contributed by atoms with Gasteiger partial charge < -0.3 is 4.74 Å². The van der Waals surface area contributed by atoms with Crippen LogP contribution >= 0.6 is 11.6 Å². The molecule has 0 N–H and O–H groups in total. The molecule has 0 spiro atoms. The van der Waals surface area contributed by atoms with E-state index in [0.29, 0.717) is 27.5 Å². The number of fused-ring (bicyclic) bond motifs is 1. The van der Waals surface area contributed by atoms with E-state index in [-0.39, 0.29) is 12.8 Å². The van der Waals surface area contributed by atoms with Crippen molar-refractivity contribution in [2.24, 2.45) is 7.05 Å². The lowest BCUT2D eigenvalue weighted by molar-refractivity contribution is -0.155. The van der Waals surface area contributed by atoms with E-state index in [0.717, 1.165) is 22.5 Å². The normalized spacial score (nSPS) is 12.4. The molecule has 0 aliphatic rings. The number of esters is 1. The molecule has 0 aliphatic carbocycles. The Labute approximate surface area is 219 Å². The molecule has 0 aliphatic heterocycles. The van der Waals surface area contributed by atoms with E-state index >= 15 is 0 Å². The second-order valence-electron chi connectivity index (χ2n) is 9.87. The monoisotopic (exact) mass is 521 g/mol. The number of hydrogen-bond acceptors (Lipinski definition) is 4. The van der Waals surface area contributed by atoms with E-state index in [4.69, 9.17) is 27.7 Å². The first-order valence-corrected chi connectivity index (χ1v) is 12.1. The van der Waals surface area contributed by atoms with E-state index < -0.39 is 29.1 Å². The van der Waals surface area contributed by atoms with E-state index in [9.17, 15) is 13.6 Å². The fourth-order valence-electron chi connectivity index (χ4n) is 4.43. The summed E-state index contributed by atoms with van der Waals surface area (Å²) in [5.41, 5.74) is 2.81. The molecule has 0 amide bonds. The topological polar surface area (TPSA) is 57.0 Å². The van der Waals surface area contributed by atoms with Crippen LogP contribution in [-0.2, 0) is 23.0 Å². The molecule has 0 unspecified atom stereocenters. The van der Waals surface area contributed by atoms with Gasteiger partial charge in [-0.1, -0.05) is 23.6 Å². The summed E-state index contributed by atoms with van der Waals surface area (Å²) in [6.07, 6.45) is 7.40. The number of benzene rings is 2. The van der Waals surface area contributed by atoms with Crippen LogP contribution in [0.2, 0.25) is 5.02 Å². The summed E-state index contributed by atoms with van der Waals surface area (Å²) < 4.78 is 35.4. The average Bonchev–Trinajstić information content (AvgIpc) is 3.19. The quantitative estimate of drug-likeness (QED) is 0.212. The number of halogens is 3. The lowest BCUT2D eigenvalue weighted by Gasteiger charge is -2.24. The van der Waals surface area contributed by atoms with Crippen molar-refractivity contribution in [2.75, 3.05) is 0 Å². The summed E-state index contributed by atoms with van der Waals surface area (Å²) in [7, 11) is 1.80. The van der Waals surface area contributed by atoms with Crippen LogP contribution in [0.15, 0.2) is 48.7 Å². The van der Waals surface area contributed by atoms with E-state index in [1.54, 1.807) is 50.8 Å². The Kier molecular flexibility index (Phi) is 7.33. The number of rotatable bonds is 6. The summed E-state index contributed by atoms with van der Waals surface area (Å²) in [6.45, 7) is 5.33. The molecule has 0 saturated heterocycles. The summed E-state index contributed by atoms with van der Waals surface area (Å²) in [4.78, 5) is 17.7. The van der Waals surface area contributed by atoms with E-state index in [2.05, 4.69) is 11.0 Å². The molecule has 0 bridgehead atoms. The fraction of sp³-hybridized carbons (Fsp3) is 0.276. The minimum absolute atomic E-state index is 0.0778. The Morgan fingerprint density at radius 3 is 2.46 bits per heavy atom. The first kappa shape index (κ1) is 26.3. The number of aromatic nitrogens is 3. The summed E-state index contributed by atoms with van der Waals surface area (Å²) >= 11 is 6.42. The van der Waals surface area contributed by atoms with Gasteiger partial charge in [-0.15, -0.1) is 6.42 Å². The summed E-state index contributed by atoms with van der Waals surface area (Å²) in [5, 5.41) is 5.65. The summed E-state index contributed by atoms with van der Waals surface area (Å²) in [5.74, 6) is 0.0738. The Bertz CT molecular complexity index is 1510. The third kappa shape index (κ3) is 5.98. The minimum atomic E-state index is -0.708. The van der Waals surface area contributed by atoms with Crippen LogP contribution in [0.4, 0.5) is 8.78 Å². The molecule has 2 aromatic heterocycles. The Hall–Kier alpha value is -3.76. The number of ether oxygens (including phenoxy) is 1. The van der Waals surface area contributed by atoms with Crippen molar-refractivity contribution >= 4 is 28.5 Å². The first-order valence-electron chi connectivity index (χ1n) is 11.7. The SMILES string of the molecule is C#Cc1ccc(-c2ccc(Cl)c3cnn(C)c23)c([C@@H](CC(=O)OC(C)(C)C)Cc2cc(F)cc(F)c2)n1. The van der Waals surface area contributed by atoms with Gasteiger partial charge in [0.05, 0.1) is 28.9 Å². The van der Waals surface area contributed by atoms with Crippen molar-refractivity contribution in [3.63, 3.8) is 0 Å². The van der Waals surface area contributed by atoms with Crippen molar-refractivity contribution in [3.8, 4) is 23.5 Å². The Balaban J connectivity index is 1.90. The Morgan fingerprint density at radius 1 is 1.14 bits per heavy atom. The van der Waals surface area contributed by atoms with Crippen LogP contribution in [0.5, 0.6) is 0 Å². The molecular formula is C29H26ClF2N3O2. The third-order valence-electron chi connectivity index (χ3n) is 5.83. The molecule has 5 nitrogen and oxygen atoms in total. The second kappa shape index (κ2) is 10.3. The van der Waals surface area contributed by atoms with Gasteiger partial charge >= 0.3 is 5.97 Å². The Morgan fingerprint density at radius 2 is 1.81 bits per heavy atom.